The molecule has 0 fully saturated rings. The molecule has 20 heavy (non-hydrogen) atoms. The molecule has 1 heterocycles. The number of Topliss-reactive ketones (excluding diaryl/α,β-unsaturated/α-hetero) is 1. The molecule has 0 saturated heterocycles. The summed E-state index contributed by atoms with van der Waals surface area (Å²) in [5.41, 5.74) is 2.84. The van der Waals surface area contributed by atoms with E-state index in [1.807, 2.05) is 0 Å². The van der Waals surface area contributed by atoms with Gasteiger partial charge in [0.25, 0.3) is 0 Å². The van der Waals surface area contributed by atoms with Gasteiger partial charge in [0.1, 0.15) is 11.3 Å². The maximum atomic E-state index is 12.8. The van der Waals surface area contributed by atoms with Crippen molar-refractivity contribution < 1.29 is 13.6 Å². The first-order chi connectivity index (χ1) is 9.61. The van der Waals surface area contributed by atoms with E-state index in [0.29, 0.717) is 29.0 Å². The number of rotatable bonds is 3. The van der Waals surface area contributed by atoms with Gasteiger partial charge in [-0.2, -0.15) is 0 Å². The van der Waals surface area contributed by atoms with E-state index in [0.717, 1.165) is 5.56 Å². The standard InChI is InChI=1S/C16H12FNO2/c1-10(19)12-4-7-15-14(9-12)18-16(20-15)8-11-2-5-13(17)6-3-11/h2-7,9H,8H2,1H3. The Bertz CT molecular complexity index is 775. The van der Waals surface area contributed by atoms with Crippen LogP contribution in [-0.2, 0) is 6.42 Å². The quantitative estimate of drug-likeness (QED) is 0.680. The molecular weight excluding hydrogens is 257 g/mol. The number of oxazole rings is 1. The molecule has 0 atom stereocenters. The SMILES string of the molecule is CC(=O)c1ccc2oc(Cc3ccc(F)cc3)nc2c1. The Morgan fingerprint density at radius 2 is 1.95 bits per heavy atom. The van der Waals surface area contributed by atoms with Crippen LogP contribution in [0.3, 0.4) is 0 Å². The Balaban J connectivity index is 1.92. The molecule has 100 valence electrons. The van der Waals surface area contributed by atoms with Crippen molar-refractivity contribution in [3.05, 3.63) is 65.3 Å². The predicted molar refractivity (Wildman–Crippen MR) is 73.2 cm³/mol. The largest absolute Gasteiger partial charge is 0.440 e. The van der Waals surface area contributed by atoms with Crippen LogP contribution < -0.4 is 0 Å². The van der Waals surface area contributed by atoms with Gasteiger partial charge in [-0.1, -0.05) is 12.1 Å². The van der Waals surface area contributed by atoms with Gasteiger partial charge in [0.15, 0.2) is 17.3 Å². The molecule has 0 N–H and O–H groups in total. The third-order valence-corrected chi connectivity index (χ3v) is 3.11. The zero-order chi connectivity index (χ0) is 14.1. The predicted octanol–water partition coefficient (Wildman–Crippen LogP) is 3.76. The van der Waals surface area contributed by atoms with Gasteiger partial charge in [-0.3, -0.25) is 4.79 Å². The van der Waals surface area contributed by atoms with Crippen LogP contribution in [0.1, 0.15) is 28.7 Å². The van der Waals surface area contributed by atoms with E-state index in [1.54, 1.807) is 30.3 Å². The van der Waals surface area contributed by atoms with Gasteiger partial charge in [-0.05, 0) is 42.8 Å². The molecule has 0 aliphatic rings. The summed E-state index contributed by atoms with van der Waals surface area (Å²) in [6.45, 7) is 1.51. The molecule has 0 saturated carbocycles. The maximum Gasteiger partial charge on any atom is 0.199 e. The number of carbonyl (C=O) groups excluding carboxylic acids is 1. The second kappa shape index (κ2) is 4.89. The molecule has 0 amide bonds. The van der Waals surface area contributed by atoms with Crippen LogP contribution >= 0.6 is 0 Å². The lowest BCUT2D eigenvalue weighted by Crippen LogP contribution is -1.90. The van der Waals surface area contributed by atoms with E-state index in [9.17, 15) is 9.18 Å². The Hall–Kier alpha value is -2.49. The molecule has 1 aromatic heterocycles. The third kappa shape index (κ3) is 2.45. The molecule has 0 radical (unpaired) electrons. The molecule has 4 heteroatoms. The van der Waals surface area contributed by atoms with Crippen molar-refractivity contribution in [1.82, 2.24) is 4.98 Å². The average molecular weight is 269 g/mol. The first-order valence-corrected chi connectivity index (χ1v) is 6.27. The van der Waals surface area contributed by atoms with Crippen LogP contribution in [0.5, 0.6) is 0 Å². The van der Waals surface area contributed by atoms with E-state index < -0.39 is 0 Å². The molecule has 0 aliphatic heterocycles. The Morgan fingerprint density at radius 1 is 1.20 bits per heavy atom. The summed E-state index contributed by atoms with van der Waals surface area (Å²) in [7, 11) is 0. The number of fused-ring (bicyclic) bond motifs is 1. The van der Waals surface area contributed by atoms with Crippen LogP contribution in [0.15, 0.2) is 46.9 Å². The van der Waals surface area contributed by atoms with Gasteiger partial charge in [0.2, 0.25) is 0 Å². The molecule has 0 spiro atoms. The van der Waals surface area contributed by atoms with Gasteiger partial charge >= 0.3 is 0 Å². The van der Waals surface area contributed by atoms with Crippen molar-refractivity contribution >= 4 is 16.9 Å². The summed E-state index contributed by atoms with van der Waals surface area (Å²) in [4.78, 5) is 15.7. The minimum atomic E-state index is -0.266. The molecule has 3 nitrogen and oxygen atoms in total. The molecule has 2 aromatic carbocycles. The second-order valence-corrected chi connectivity index (χ2v) is 4.65. The monoisotopic (exact) mass is 269 g/mol. The van der Waals surface area contributed by atoms with Crippen molar-refractivity contribution in [2.75, 3.05) is 0 Å². The van der Waals surface area contributed by atoms with Crippen LogP contribution in [0.4, 0.5) is 4.39 Å². The van der Waals surface area contributed by atoms with Crippen LogP contribution in [-0.4, -0.2) is 10.8 Å². The molecule has 0 unspecified atom stereocenters. The lowest BCUT2D eigenvalue weighted by molar-refractivity contribution is 0.101. The van der Waals surface area contributed by atoms with Crippen molar-refractivity contribution in [1.29, 1.82) is 0 Å². The van der Waals surface area contributed by atoms with Crippen molar-refractivity contribution in [2.45, 2.75) is 13.3 Å². The molecule has 0 aliphatic carbocycles. The van der Waals surface area contributed by atoms with Crippen LogP contribution in [0.2, 0.25) is 0 Å². The summed E-state index contributed by atoms with van der Waals surface area (Å²) < 4.78 is 18.5. The zero-order valence-electron chi connectivity index (χ0n) is 10.9. The van der Waals surface area contributed by atoms with Crippen molar-refractivity contribution in [3.8, 4) is 0 Å². The Morgan fingerprint density at radius 3 is 2.65 bits per heavy atom. The number of benzene rings is 2. The third-order valence-electron chi connectivity index (χ3n) is 3.11. The van der Waals surface area contributed by atoms with Crippen molar-refractivity contribution in [2.24, 2.45) is 0 Å². The van der Waals surface area contributed by atoms with Gasteiger partial charge < -0.3 is 4.42 Å². The number of carbonyl (C=O) groups is 1. The summed E-state index contributed by atoms with van der Waals surface area (Å²) >= 11 is 0. The number of aromatic nitrogens is 1. The van der Waals surface area contributed by atoms with E-state index in [4.69, 9.17) is 4.42 Å². The van der Waals surface area contributed by atoms with E-state index in [-0.39, 0.29) is 11.6 Å². The van der Waals surface area contributed by atoms with Crippen molar-refractivity contribution in [3.63, 3.8) is 0 Å². The van der Waals surface area contributed by atoms with E-state index in [1.165, 1.54) is 19.1 Å². The maximum absolute atomic E-state index is 12.8. The number of hydrogen-bond acceptors (Lipinski definition) is 3. The van der Waals surface area contributed by atoms with E-state index in [2.05, 4.69) is 4.98 Å². The zero-order valence-corrected chi connectivity index (χ0v) is 10.9. The first-order valence-electron chi connectivity index (χ1n) is 6.27. The highest BCUT2D eigenvalue weighted by Crippen LogP contribution is 2.19. The summed E-state index contributed by atoms with van der Waals surface area (Å²) in [5, 5.41) is 0. The minimum Gasteiger partial charge on any atom is -0.440 e. The first kappa shape index (κ1) is 12.5. The lowest BCUT2D eigenvalue weighted by atomic mass is 10.1. The van der Waals surface area contributed by atoms with Crippen LogP contribution in [0.25, 0.3) is 11.1 Å². The Labute approximate surface area is 115 Å². The fourth-order valence-corrected chi connectivity index (χ4v) is 2.05. The fraction of sp³-hybridized carbons (Fsp3) is 0.125. The smallest absolute Gasteiger partial charge is 0.199 e. The summed E-state index contributed by atoms with van der Waals surface area (Å²) in [5.74, 6) is 0.278. The van der Waals surface area contributed by atoms with Gasteiger partial charge in [0, 0.05) is 12.0 Å². The number of halogens is 1. The van der Waals surface area contributed by atoms with Crippen LogP contribution in [0, 0.1) is 5.82 Å². The molecule has 3 aromatic rings. The minimum absolute atomic E-state index is 0.00464. The topological polar surface area (TPSA) is 43.1 Å². The summed E-state index contributed by atoms with van der Waals surface area (Å²) in [6, 6.07) is 11.4. The molecule has 3 rings (SSSR count). The highest BCUT2D eigenvalue weighted by Gasteiger charge is 2.09. The number of ketones is 1. The molecule has 0 bridgehead atoms. The van der Waals surface area contributed by atoms with E-state index >= 15 is 0 Å². The highest BCUT2D eigenvalue weighted by molar-refractivity contribution is 5.96. The fourth-order valence-electron chi connectivity index (χ4n) is 2.05. The normalized spacial score (nSPS) is 10.9. The number of hydrogen-bond donors (Lipinski definition) is 0. The molecular formula is C16H12FNO2. The second-order valence-electron chi connectivity index (χ2n) is 4.65. The average Bonchev–Trinajstić information content (AvgIpc) is 2.82. The lowest BCUT2D eigenvalue weighted by Gasteiger charge is -1.96. The van der Waals surface area contributed by atoms with Gasteiger partial charge in [0.05, 0.1) is 0 Å². The van der Waals surface area contributed by atoms with Gasteiger partial charge in [-0.25, -0.2) is 9.37 Å². The number of nitrogens with zero attached hydrogens (tertiary/aromatic N) is 1. The van der Waals surface area contributed by atoms with Gasteiger partial charge in [-0.15, -0.1) is 0 Å². The summed E-state index contributed by atoms with van der Waals surface area (Å²) in [6.07, 6.45) is 0.490. The Kier molecular flexibility index (Phi) is 3.06. The highest BCUT2D eigenvalue weighted by atomic mass is 19.1.